The molecule has 22 heavy (non-hydrogen) atoms. The first-order valence-corrected chi connectivity index (χ1v) is 12.2. The van der Waals surface area contributed by atoms with Crippen LogP contribution in [0.5, 0.6) is 0 Å². The molecular weight excluding hydrogens is 443 g/mol. The van der Waals surface area contributed by atoms with Crippen LogP contribution in [0.4, 0.5) is 4.39 Å². The molecule has 1 saturated heterocycles. The predicted octanol–water partition coefficient (Wildman–Crippen LogP) is -3.05. The van der Waals surface area contributed by atoms with E-state index in [1.807, 2.05) is 0 Å². The van der Waals surface area contributed by atoms with Gasteiger partial charge in [0.15, 0.2) is 0 Å². The molecule has 1 rings (SSSR count). The third-order valence-corrected chi connectivity index (χ3v) is 16.1. The van der Waals surface area contributed by atoms with Crippen molar-refractivity contribution in [1.29, 1.82) is 0 Å². The van der Waals surface area contributed by atoms with Crippen LogP contribution in [0.1, 0.15) is 0 Å². The minimum Gasteiger partial charge on any atom is -0.302 e. The molecule has 0 spiro atoms. The molecule has 20 heteroatoms. The van der Waals surface area contributed by atoms with Gasteiger partial charge in [-0.15, -0.1) is 0 Å². The minimum atomic E-state index is -6.58. The van der Waals surface area contributed by atoms with Crippen LogP contribution in [0.2, 0.25) is 0 Å². The van der Waals surface area contributed by atoms with Crippen LogP contribution in [0.15, 0.2) is 0 Å². The van der Waals surface area contributed by atoms with Crippen LogP contribution in [0, 0.1) is 0 Å². The highest BCUT2D eigenvalue weighted by Crippen LogP contribution is 2.53. The topological polar surface area (TPSA) is 224 Å². The molecule has 0 bridgehead atoms. The van der Waals surface area contributed by atoms with Crippen LogP contribution in [0.3, 0.4) is 0 Å². The Labute approximate surface area is 128 Å². The molecule has 3 unspecified atom stereocenters. The molecule has 1 fully saturated rings. The minimum absolute atomic E-state index is 3.28. The number of alkyl halides is 1. The Morgan fingerprint density at radius 2 is 1.27 bits per heavy atom. The summed E-state index contributed by atoms with van der Waals surface area (Å²) in [6.45, 7) is 0. The quantitative estimate of drug-likeness (QED) is 0.160. The van der Waals surface area contributed by atoms with Crippen molar-refractivity contribution in [1.82, 2.24) is 0 Å². The fourth-order valence-corrected chi connectivity index (χ4v) is 12.4. The summed E-state index contributed by atoms with van der Waals surface area (Å²) < 4.78 is 132. The Morgan fingerprint density at radius 3 is 1.45 bits per heavy atom. The highest BCUT2D eigenvalue weighted by atomic mass is 33.2. The van der Waals surface area contributed by atoms with Gasteiger partial charge in [0.05, 0.1) is 0 Å². The molecule has 3 N–H and O–H groups in total. The average Bonchev–Trinajstić information content (AvgIpc) is 2.65. The van der Waals surface area contributed by atoms with Gasteiger partial charge in [0.25, 0.3) is 0 Å². The van der Waals surface area contributed by atoms with Gasteiger partial charge >= 0.3 is 35.1 Å². The first-order chi connectivity index (χ1) is 9.54. The van der Waals surface area contributed by atoms with Crippen molar-refractivity contribution in [3.8, 4) is 0 Å². The average molecular weight is 446 g/mol. The lowest BCUT2D eigenvalue weighted by molar-refractivity contribution is 0.285. The van der Waals surface area contributed by atoms with Crippen molar-refractivity contribution in [2.24, 2.45) is 0 Å². The van der Waals surface area contributed by atoms with E-state index in [9.17, 15) is 42.3 Å². The van der Waals surface area contributed by atoms with Gasteiger partial charge in [-0.05, 0) is 0 Å². The van der Waals surface area contributed by atoms with E-state index in [0.29, 0.717) is 0 Å². The SMILES string of the molecule is O=S(O)C(F)(S(=O)O)S(=O)(=O)OC1(S(=O)O)S(=O)(=O)S1(=O)=O. The van der Waals surface area contributed by atoms with Gasteiger partial charge in [-0.3, -0.25) is 0 Å². The van der Waals surface area contributed by atoms with Crippen molar-refractivity contribution in [3.05, 3.63) is 0 Å². The molecule has 0 aromatic heterocycles. The summed E-state index contributed by atoms with van der Waals surface area (Å²) in [5.74, 6) is 0. The molecule has 3 atom stereocenters. The first-order valence-electron chi connectivity index (χ1n) is 4.00. The number of rotatable bonds is 6. The van der Waals surface area contributed by atoms with Gasteiger partial charge in [-0.1, -0.05) is 0 Å². The predicted molar refractivity (Wildman–Crippen MR) is 66.7 cm³/mol. The summed E-state index contributed by atoms with van der Waals surface area (Å²) in [6.07, 6.45) is 0. The van der Waals surface area contributed by atoms with E-state index in [1.165, 1.54) is 0 Å². The molecule has 0 aliphatic carbocycles. The van der Waals surface area contributed by atoms with Gasteiger partial charge in [0, 0.05) is 0 Å². The zero-order chi connectivity index (χ0) is 17.9. The van der Waals surface area contributed by atoms with Crippen LogP contribution in [-0.2, 0) is 65.3 Å². The zero-order valence-electron chi connectivity index (χ0n) is 9.25. The largest absolute Gasteiger partial charge is 0.429 e. The third-order valence-electron chi connectivity index (χ3n) is 2.02. The summed E-state index contributed by atoms with van der Waals surface area (Å²) in [6, 6.07) is 0. The highest BCUT2D eigenvalue weighted by molar-refractivity contribution is 8.87. The van der Waals surface area contributed by atoms with Crippen molar-refractivity contribution in [2.75, 3.05) is 0 Å². The lowest BCUT2D eigenvalue weighted by Crippen LogP contribution is -2.46. The van der Waals surface area contributed by atoms with E-state index in [-0.39, 0.29) is 0 Å². The molecule has 1 aliphatic rings. The summed E-state index contributed by atoms with van der Waals surface area (Å²) in [7, 11) is -18.1. The Hall–Kier alpha value is 0.0700. The summed E-state index contributed by atoms with van der Waals surface area (Å²) in [5, 5.41) is 0. The maximum atomic E-state index is 13.8. The molecule has 0 saturated carbocycles. The van der Waals surface area contributed by atoms with Gasteiger partial charge in [0.2, 0.25) is 33.2 Å². The molecule has 132 valence electrons. The second kappa shape index (κ2) is 5.29. The molecular formula is C2H3FO13S6. The van der Waals surface area contributed by atoms with Gasteiger partial charge in [0.1, 0.15) is 0 Å². The molecule has 0 radical (unpaired) electrons. The zero-order valence-corrected chi connectivity index (χ0v) is 14.2. The summed E-state index contributed by atoms with van der Waals surface area (Å²) in [4.78, 5) is 0. The maximum Gasteiger partial charge on any atom is 0.429 e. The van der Waals surface area contributed by atoms with Gasteiger partial charge in [-0.25, -0.2) is 33.6 Å². The van der Waals surface area contributed by atoms with Crippen LogP contribution < -0.4 is 0 Å². The normalized spacial score (nSPS) is 28.9. The fourth-order valence-electron chi connectivity index (χ4n) is 0.963. The lowest BCUT2D eigenvalue weighted by atomic mass is 11.6. The second-order valence-corrected chi connectivity index (χ2v) is 15.2. The van der Waals surface area contributed by atoms with E-state index in [2.05, 4.69) is 4.18 Å². The summed E-state index contributed by atoms with van der Waals surface area (Å²) >= 11 is -12.8. The Bertz CT molecular complexity index is 842. The summed E-state index contributed by atoms with van der Waals surface area (Å²) in [5.41, 5.74) is 0. The van der Waals surface area contributed by atoms with Crippen LogP contribution in [-0.4, -0.2) is 58.8 Å². The number of hydrogen-bond acceptors (Lipinski definition) is 10. The van der Waals surface area contributed by atoms with Gasteiger partial charge < -0.3 is 13.7 Å². The fraction of sp³-hybridized carbons (Fsp3) is 1.00. The van der Waals surface area contributed by atoms with Crippen molar-refractivity contribution in [2.45, 2.75) is 7.26 Å². The monoisotopic (exact) mass is 446 g/mol. The molecule has 0 amide bonds. The smallest absolute Gasteiger partial charge is 0.302 e. The maximum absolute atomic E-state index is 13.8. The van der Waals surface area contributed by atoms with E-state index in [1.54, 1.807) is 0 Å². The van der Waals surface area contributed by atoms with E-state index >= 15 is 0 Å². The molecule has 13 nitrogen and oxygen atoms in total. The Balaban J connectivity index is 3.63. The highest BCUT2D eigenvalue weighted by Gasteiger charge is 2.90. The van der Waals surface area contributed by atoms with E-state index in [4.69, 9.17) is 13.7 Å². The van der Waals surface area contributed by atoms with Crippen LogP contribution in [0.25, 0.3) is 0 Å². The Morgan fingerprint density at radius 1 is 0.955 bits per heavy atom. The second-order valence-electron chi connectivity index (χ2n) is 3.17. The molecule has 0 aromatic carbocycles. The van der Waals surface area contributed by atoms with Crippen molar-refractivity contribution < 1.29 is 60.1 Å². The third kappa shape index (κ3) is 2.16. The molecule has 1 heterocycles. The van der Waals surface area contributed by atoms with Gasteiger partial charge in [-0.2, -0.15) is 12.8 Å². The Kier molecular flexibility index (Phi) is 4.83. The number of hydrogen-bond donors (Lipinski definition) is 3. The van der Waals surface area contributed by atoms with Crippen molar-refractivity contribution >= 4 is 61.1 Å². The van der Waals surface area contributed by atoms with E-state index < -0.39 is 68.4 Å². The first kappa shape index (κ1) is 20.1. The molecule has 1 aliphatic heterocycles. The van der Waals surface area contributed by atoms with Crippen LogP contribution >= 0.6 is 0 Å². The standard InChI is InChI=1S/C2H3FO13S6/c3-1(17(4)5,18(6)7)20(10,11)16-2(19(8)9)21(12,13)22(2,14)15/h(H,4,5)(H,6,7)(H,8,9). The van der Waals surface area contributed by atoms with E-state index in [0.717, 1.165) is 0 Å². The number of halogens is 1. The molecule has 0 aromatic rings. The lowest BCUT2D eigenvalue weighted by Gasteiger charge is -2.17. The van der Waals surface area contributed by atoms with Crippen molar-refractivity contribution in [3.63, 3.8) is 0 Å².